The minimum atomic E-state index is -0.556. The van der Waals surface area contributed by atoms with E-state index in [1.807, 2.05) is 6.92 Å². The molecule has 0 aliphatic rings. The topological polar surface area (TPSA) is 70.2 Å². The van der Waals surface area contributed by atoms with Crippen molar-refractivity contribution < 1.29 is 9.15 Å². The van der Waals surface area contributed by atoms with Gasteiger partial charge in [-0.3, -0.25) is 0 Å². The van der Waals surface area contributed by atoms with Gasteiger partial charge in [-0.2, -0.15) is 4.68 Å². The van der Waals surface area contributed by atoms with Crippen molar-refractivity contribution >= 4 is 11.6 Å². The molecule has 0 saturated carbocycles. The molecule has 0 spiro atoms. The fraction of sp³-hybridized carbons (Fsp3) is 0.300. The Balaban J connectivity index is 2.47. The molecule has 17 heavy (non-hydrogen) atoms. The summed E-state index contributed by atoms with van der Waals surface area (Å²) in [6, 6.07) is 3.19. The number of nitrogens with zero attached hydrogens (tertiary/aromatic N) is 3. The zero-order valence-corrected chi connectivity index (χ0v) is 10.1. The van der Waals surface area contributed by atoms with Crippen LogP contribution in [0.5, 0.6) is 5.75 Å². The molecule has 2 aromatic rings. The molecule has 2 aromatic heterocycles. The lowest BCUT2D eigenvalue weighted by atomic mass is 10.3. The summed E-state index contributed by atoms with van der Waals surface area (Å²) in [7, 11) is 1.49. The predicted molar refractivity (Wildman–Crippen MR) is 61.2 cm³/mol. The molecular formula is C10H10ClN3O3. The second kappa shape index (κ2) is 4.58. The van der Waals surface area contributed by atoms with Crippen LogP contribution >= 0.6 is 11.6 Å². The summed E-state index contributed by atoms with van der Waals surface area (Å²) in [6.45, 7) is 2.36. The van der Waals surface area contributed by atoms with E-state index in [0.29, 0.717) is 18.1 Å². The highest BCUT2D eigenvalue weighted by Gasteiger charge is 2.11. The Morgan fingerprint density at radius 1 is 1.53 bits per heavy atom. The Morgan fingerprint density at radius 3 is 2.88 bits per heavy atom. The van der Waals surface area contributed by atoms with Gasteiger partial charge in [0.05, 0.1) is 6.61 Å². The van der Waals surface area contributed by atoms with Crippen molar-refractivity contribution in [1.82, 2.24) is 14.8 Å². The van der Waals surface area contributed by atoms with Crippen molar-refractivity contribution in [3.05, 3.63) is 27.8 Å². The maximum Gasteiger partial charge on any atom is 0.437 e. The van der Waals surface area contributed by atoms with Gasteiger partial charge in [-0.25, -0.2) is 9.78 Å². The second-order valence-electron chi connectivity index (χ2n) is 3.24. The van der Waals surface area contributed by atoms with Crippen LogP contribution in [0.25, 0.3) is 11.6 Å². The van der Waals surface area contributed by atoms with E-state index in [2.05, 4.69) is 10.1 Å². The van der Waals surface area contributed by atoms with Crippen molar-refractivity contribution in [2.75, 3.05) is 6.61 Å². The Morgan fingerprint density at radius 2 is 2.29 bits per heavy atom. The smallest absolute Gasteiger partial charge is 0.437 e. The lowest BCUT2D eigenvalue weighted by Crippen LogP contribution is -2.09. The molecule has 0 N–H and O–H groups in total. The van der Waals surface area contributed by atoms with Gasteiger partial charge >= 0.3 is 5.76 Å². The Labute approximate surface area is 102 Å². The van der Waals surface area contributed by atoms with Gasteiger partial charge in [0.25, 0.3) is 5.89 Å². The average Bonchev–Trinajstić information content (AvgIpc) is 2.59. The Hall–Kier alpha value is -1.82. The normalized spacial score (nSPS) is 10.5. The van der Waals surface area contributed by atoms with Gasteiger partial charge in [0, 0.05) is 19.2 Å². The van der Waals surface area contributed by atoms with Gasteiger partial charge in [0.15, 0.2) is 0 Å². The number of aryl methyl sites for hydroxylation is 1. The maximum absolute atomic E-state index is 11.2. The first-order chi connectivity index (χ1) is 8.10. The standard InChI is InChI=1S/C10H10ClN3O3/c1-3-16-6-4-7(12-8(11)5-6)9-13-14(2)10(15)17-9/h4-5H,3H2,1-2H3. The van der Waals surface area contributed by atoms with Gasteiger partial charge in [0.2, 0.25) is 0 Å². The van der Waals surface area contributed by atoms with E-state index in [0.717, 1.165) is 4.68 Å². The fourth-order valence-electron chi connectivity index (χ4n) is 1.28. The third-order valence-electron chi connectivity index (χ3n) is 1.99. The molecule has 0 aliphatic heterocycles. The number of rotatable bonds is 3. The molecule has 6 nitrogen and oxygen atoms in total. The van der Waals surface area contributed by atoms with Gasteiger partial charge in [-0.15, -0.1) is 5.10 Å². The zero-order chi connectivity index (χ0) is 12.4. The third kappa shape index (κ3) is 2.47. The molecule has 7 heteroatoms. The number of aromatic nitrogens is 3. The molecule has 2 rings (SSSR count). The minimum Gasteiger partial charge on any atom is -0.494 e. The lowest BCUT2D eigenvalue weighted by molar-refractivity contribution is 0.340. The minimum absolute atomic E-state index is 0.112. The summed E-state index contributed by atoms with van der Waals surface area (Å²) >= 11 is 5.84. The van der Waals surface area contributed by atoms with Crippen LogP contribution in [0.3, 0.4) is 0 Å². The van der Waals surface area contributed by atoms with Crippen molar-refractivity contribution in [3.8, 4) is 17.3 Å². The Kier molecular flexibility index (Phi) is 3.14. The van der Waals surface area contributed by atoms with Gasteiger partial charge in [-0.05, 0) is 6.92 Å². The first-order valence-corrected chi connectivity index (χ1v) is 5.33. The second-order valence-corrected chi connectivity index (χ2v) is 3.63. The van der Waals surface area contributed by atoms with Gasteiger partial charge in [0.1, 0.15) is 16.6 Å². The first kappa shape index (κ1) is 11.7. The maximum atomic E-state index is 11.2. The third-order valence-corrected chi connectivity index (χ3v) is 2.18. The molecule has 0 amide bonds. The van der Waals surface area contributed by atoms with Crippen molar-refractivity contribution in [2.24, 2.45) is 7.05 Å². The lowest BCUT2D eigenvalue weighted by Gasteiger charge is -2.03. The molecule has 0 radical (unpaired) electrons. The number of halogens is 1. The number of hydrogen-bond acceptors (Lipinski definition) is 5. The van der Waals surface area contributed by atoms with E-state index in [-0.39, 0.29) is 11.0 Å². The summed E-state index contributed by atoms with van der Waals surface area (Å²) in [5.41, 5.74) is 0.360. The van der Waals surface area contributed by atoms with E-state index in [9.17, 15) is 4.79 Å². The van der Waals surface area contributed by atoms with E-state index >= 15 is 0 Å². The van der Waals surface area contributed by atoms with Crippen molar-refractivity contribution in [1.29, 1.82) is 0 Å². The molecule has 90 valence electrons. The highest BCUT2D eigenvalue weighted by atomic mass is 35.5. The fourth-order valence-corrected chi connectivity index (χ4v) is 1.48. The molecule has 0 atom stereocenters. The molecule has 0 aromatic carbocycles. The van der Waals surface area contributed by atoms with E-state index < -0.39 is 5.76 Å². The molecule has 0 fully saturated rings. The highest BCUT2D eigenvalue weighted by molar-refractivity contribution is 6.29. The van der Waals surface area contributed by atoms with Crippen LogP contribution in [-0.2, 0) is 7.05 Å². The summed E-state index contributed by atoms with van der Waals surface area (Å²) in [5.74, 6) is 0.108. The van der Waals surface area contributed by atoms with Crippen LogP contribution in [0.2, 0.25) is 5.15 Å². The van der Waals surface area contributed by atoms with Crippen LogP contribution in [0.15, 0.2) is 21.3 Å². The van der Waals surface area contributed by atoms with Crippen molar-refractivity contribution in [2.45, 2.75) is 6.92 Å². The first-order valence-electron chi connectivity index (χ1n) is 4.95. The number of pyridine rings is 1. The SMILES string of the molecule is CCOc1cc(Cl)nc(-c2nn(C)c(=O)o2)c1. The monoisotopic (exact) mass is 255 g/mol. The van der Waals surface area contributed by atoms with Crippen molar-refractivity contribution in [3.63, 3.8) is 0 Å². The summed E-state index contributed by atoms with van der Waals surface area (Å²) in [6.07, 6.45) is 0. The van der Waals surface area contributed by atoms with Crippen LogP contribution in [-0.4, -0.2) is 21.4 Å². The molecule has 0 saturated heterocycles. The van der Waals surface area contributed by atoms with Crippen LogP contribution in [0, 0.1) is 0 Å². The molecule has 0 unspecified atom stereocenters. The highest BCUT2D eigenvalue weighted by Crippen LogP contribution is 2.23. The van der Waals surface area contributed by atoms with Crippen LogP contribution in [0.4, 0.5) is 0 Å². The summed E-state index contributed by atoms with van der Waals surface area (Å²) in [5, 5.41) is 4.13. The number of hydrogen-bond donors (Lipinski definition) is 0. The largest absolute Gasteiger partial charge is 0.494 e. The Bertz CT molecular complexity index is 591. The zero-order valence-electron chi connectivity index (χ0n) is 9.31. The molecule has 2 heterocycles. The predicted octanol–water partition coefficient (Wildman–Crippen LogP) is 1.49. The summed E-state index contributed by atoms with van der Waals surface area (Å²) in [4.78, 5) is 15.2. The molecular weight excluding hydrogens is 246 g/mol. The molecule has 0 bridgehead atoms. The van der Waals surface area contributed by atoms with E-state index in [4.69, 9.17) is 20.8 Å². The average molecular weight is 256 g/mol. The van der Waals surface area contributed by atoms with Crippen LogP contribution in [0.1, 0.15) is 6.92 Å². The van der Waals surface area contributed by atoms with E-state index in [1.165, 1.54) is 7.05 Å². The quantitative estimate of drug-likeness (QED) is 0.777. The molecule has 0 aliphatic carbocycles. The number of ether oxygens (including phenoxy) is 1. The van der Waals surface area contributed by atoms with Crippen LogP contribution < -0.4 is 10.5 Å². The van der Waals surface area contributed by atoms with E-state index in [1.54, 1.807) is 12.1 Å². The summed E-state index contributed by atoms with van der Waals surface area (Å²) < 4.78 is 11.3. The van der Waals surface area contributed by atoms with Gasteiger partial charge in [-0.1, -0.05) is 11.6 Å². The van der Waals surface area contributed by atoms with Gasteiger partial charge < -0.3 is 9.15 Å².